The molecular weight excluding hydrogens is 340 g/mol. The molecular formula is C16H12BrClO2. The minimum Gasteiger partial charge on any atom is -0.458 e. The predicted molar refractivity (Wildman–Crippen MR) is 84.2 cm³/mol. The van der Waals surface area contributed by atoms with Gasteiger partial charge in [-0.15, -0.1) is 0 Å². The van der Waals surface area contributed by atoms with Gasteiger partial charge in [0, 0.05) is 20.4 Å². The quantitative estimate of drug-likeness (QED) is 0.685. The van der Waals surface area contributed by atoms with E-state index in [-0.39, 0.29) is 0 Å². The molecule has 20 heavy (non-hydrogen) atoms. The number of aryl methyl sites for hydroxylation is 1. The zero-order valence-corrected chi connectivity index (χ0v) is 13.1. The summed E-state index contributed by atoms with van der Waals surface area (Å²) < 4.78 is 6.59. The average Bonchev–Trinajstić information content (AvgIpc) is 2.86. The van der Waals surface area contributed by atoms with Crippen LogP contribution in [0.5, 0.6) is 0 Å². The van der Waals surface area contributed by atoms with Crippen LogP contribution in [0.4, 0.5) is 0 Å². The van der Waals surface area contributed by atoms with Gasteiger partial charge >= 0.3 is 0 Å². The normalized spacial score (nSPS) is 12.8. The number of rotatable bonds is 2. The van der Waals surface area contributed by atoms with Crippen molar-refractivity contribution in [1.29, 1.82) is 0 Å². The van der Waals surface area contributed by atoms with E-state index in [4.69, 9.17) is 16.0 Å². The number of halogens is 2. The highest BCUT2D eigenvalue weighted by Crippen LogP contribution is 2.34. The van der Waals surface area contributed by atoms with E-state index in [2.05, 4.69) is 15.9 Å². The van der Waals surface area contributed by atoms with Crippen LogP contribution in [0.2, 0.25) is 5.02 Å². The molecule has 2 nitrogen and oxygen atoms in total. The van der Waals surface area contributed by atoms with E-state index in [1.807, 2.05) is 37.3 Å². The fourth-order valence-corrected chi connectivity index (χ4v) is 2.88. The maximum absolute atomic E-state index is 10.5. The van der Waals surface area contributed by atoms with Gasteiger partial charge in [0.2, 0.25) is 0 Å². The van der Waals surface area contributed by atoms with Crippen molar-refractivity contribution in [1.82, 2.24) is 0 Å². The van der Waals surface area contributed by atoms with Gasteiger partial charge in [0.05, 0.1) is 0 Å². The number of aliphatic hydroxyl groups is 1. The molecule has 3 rings (SSSR count). The molecule has 3 aromatic rings. The summed E-state index contributed by atoms with van der Waals surface area (Å²) in [4.78, 5) is 0. The lowest BCUT2D eigenvalue weighted by atomic mass is 10.1. The van der Waals surface area contributed by atoms with E-state index in [1.54, 1.807) is 12.1 Å². The van der Waals surface area contributed by atoms with Crippen molar-refractivity contribution < 1.29 is 9.52 Å². The van der Waals surface area contributed by atoms with Crippen LogP contribution >= 0.6 is 27.5 Å². The SMILES string of the molecule is Cc1cccc2cc(C(O)c3cc(Cl)ccc3Br)oc12. The van der Waals surface area contributed by atoms with Crippen LogP contribution in [-0.2, 0) is 0 Å². The molecule has 0 aliphatic rings. The van der Waals surface area contributed by atoms with Crippen LogP contribution in [0.3, 0.4) is 0 Å². The van der Waals surface area contributed by atoms with Gasteiger partial charge in [0.15, 0.2) is 0 Å². The Morgan fingerprint density at radius 1 is 1.20 bits per heavy atom. The highest BCUT2D eigenvalue weighted by Gasteiger charge is 2.19. The number of hydrogen-bond donors (Lipinski definition) is 1. The minimum atomic E-state index is -0.852. The van der Waals surface area contributed by atoms with E-state index in [9.17, 15) is 5.11 Å². The number of benzene rings is 2. The summed E-state index contributed by atoms with van der Waals surface area (Å²) in [6.07, 6.45) is -0.852. The molecule has 4 heteroatoms. The molecule has 0 amide bonds. The van der Waals surface area contributed by atoms with Crippen LogP contribution in [0.1, 0.15) is 23.0 Å². The first-order chi connectivity index (χ1) is 9.56. The monoisotopic (exact) mass is 350 g/mol. The summed E-state index contributed by atoms with van der Waals surface area (Å²) in [5, 5.41) is 12.1. The van der Waals surface area contributed by atoms with Crippen molar-refractivity contribution in [3.8, 4) is 0 Å². The van der Waals surface area contributed by atoms with E-state index in [0.29, 0.717) is 16.3 Å². The lowest BCUT2D eigenvalue weighted by molar-refractivity contribution is 0.191. The molecule has 1 heterocycles. The highest BCUT2D eigenvalue weighted by molar-refractivity contribution is 9.10. The number of hydrogen-bond acceptors (Lipinski definition) is 2. The third-order valence-corrected chi connectivity index (χ3v) is 4.24. The number of furan rings is 1. The smallest absolute Gasteiger partial charge is 0.138 e. The first-order valence-electron chi connectivity index (χ1n) is 6.18. The lowest BCUT2D eigenvalue weighted by Crippen LogP contribution is -1.99. The maximum Gasteiger partial charge on any atom is 0.138 e. The average molecular weight is 352 g/mol. The van der Waals surface area contributed by atoms with Crippen molar-refractivity contribution >= 4 is 38.5 Å². The fraction of sp³-hybridized carbons (Fsp3) is 0.125. The number of aliphatic hydroxyl groups excluding tert-OH is 1. The minimum absolute atomic E-state index is 0.511. The van der Waals surface area contributed by atoms with Crippen molar-refractivity contribution in [3.63, 3.8) is 0 Å². The Hall–Kier alpha value is -1.29. The zero-order chi connectivity index (χ0) is 14.3. The van der Waals surface area contributed by atoms with Crippen LogP contribution in [0.25, 0.3) is 11.0 Å². The van der Waals surface area contributed by atoms with Crippen molar-refractivity contribution in [3.05, 3.63) is 68.8 Å². The molecule has 0 saturated carbocycles. The molecule has 102 valence electrons. The van der Waals surface area contributed by atoms with E-state index in [0.717, 1.165) is 21.0 Å². The van der Waals surface area contributed by atoms with Gasteiger partial charge in [-0.25, -0.2) is 0 Å². The fourth-order valence-electron chi connectivity index (χ4n) is 2.24. The molecule has 0 spiro atoms. The Morgan fingerprint density at radius 2 is 2.00 bits per heavy atom. The van der Waals surface area contributed by atoms with Crippen molar-refractivity contribution in [2.24, 2.45) is 0 Å². The molecule has 0 bridgehead atoms. The predicted octanol–water partition coefficient (Wildman–Crippen LogP) is 5.24. The zero-order valence-electron chi connectivity index (χ0n) is 10.7. The molecule has 0 fully saturated rings. The summed E-state index contributed by atoms with van der Waals surface area (Å²) in [6.45, 7) is 1.98. The topological polar surface area (TPSA) is 33.4 Å². The molecule has 1 aromatic heterocycles. The third-order valence-electron chi connectivity index (χ3n) is 3.28. The largest absolute Gasteiger partial charge is 0.458 e. The molecule has 1 unspecified atom stereocenters. The Labute approximate surface area is 130 Å². The summed E-state index contributed by atoms with van der Waals surface area (Å²) >= 11 is 9.42. The molecule has 1 atom stereocenters. The Balaban J connectivity index is 2.10. The van der Waals surface area contributed by atoms with Crippen LogP contribution < -0.4 is 0 Å². The van der Waals surface area contributed by atoms with Crippen molar-refractivity contribution in [2.75, 3.05) is 0 Å². The van der Waals surface area contributed by atoms with E-state index < -0.39 is 6.10 Å². The first-order valence-corrected chi connectivity index (χ1v) is 7.35. The van der Waals surface area contributed by atoms with Crippen LogP contribution in [-0.4, -0.2) is 5.11 Å². The molecule has 0 radical (unpaired) electrons. The Morgan fingerprint density at radius 3 is 2.75 bits per heavy atom. The van der Waals surface area contributed by atoms with E-state index in [1.165, 1.54) is 0 Å². The van der Waals surface area contributed by atoms with Gasteiger partial charge < -0.3 is 9.52 Å². The molecule has 1 N–H and O–H groups in total. The second-order valence-corrected chi connectivity index (χ2v) is 6.00. The van der Waals surface area contributed by atoms with Gasteiger partial charge in [-0.3, -0.25) is 0 Å². The van der Waals surface area contributed by atoms with Gasteiger partial charge in [-0.1, -0.05) is 45.7 Å². The molecule has 0 aliphatic carbocycles. The van der Waals surface area contributed by atoms with Crippen LogP contribution in [0.15, 0.2) is 51.4 Å². The number of fused-ring (bicyclic) bond motifs is 1. The lowest BCUT2D eigenvalue weighted by Gasteiger charge is -2.10. The second-order valence-electron chi connectivity index (χ2n) is 4.71. The molecule has 0 aliphatic heterocycles. The summed E-state index contributed by atoms with van der Waals surface area (Å²) in [5.41, 5.74) is 2.54. The van der Waals surface area contributed by atoms with E-state index >= 15 is 0 Å². The maximum atomic E-state index is 10.5. The third kappa shape index (κ3) is 2.37. The van der Waals surface area contributed by atoms with Crippen LogP contribution in [0, 0.1) is 6.92 Å². The standard InChI is InChI=1S/C16H12BrClO2/c1-9-3-2-4-10-7-14(20-16(9)10)15(19)12-8-11(18)5-6-13(12)17/h2-8,15,19H,1H3. The second kappa shape index (κ2) is 5.24. The Kier molecular flexibility index (Phi) is 3.59. The van der Waals surface area contributed by atoms with Crippen molar-refractivity contribution in [2.45, 2.75) is 13.0 Å². The van der Waals surface area contributed by atoms with Gasteiger partial charge in [0.1, 0.15) is 17.4 Å². The summed E-state index contributed by atoms with van der Waals surface area (Å²) in [5.74, 6) is 0.511. The summed E-state index contributed by atoms with van der Waals surface area (Å²) in [6, 6.07) is 13.1. The van der Waals surface area contributed by atoms with Gasteiger partial charge in [-0.05, 0) is 36.8 Å². The summed E-state index contributed by atoms with van der Waals surface area (Å²) in [7, 11) is 0. The van der Waals surface area contributed by atoms with Gasteiger partial charge in [0.25, 0.3) is 0 Å². The van der Waals surface area contributed by atoms with Gasteiger partial charge in [-0.2, -0.15) is 0 Å². The molecule has 2 aromatic carbocycles. The highest BCUT2D eigenvalue weighted by atomic mass is 79.9. The first kappa shape index (κ1) is 13.7. The number of para-hydroxylation sites is 1. The Bertz CT molecular complexity index is 779. The molecule has 0 saturated heterocycles.